The summed E-state index contributed by atoms with van der Waals surface area (Å²) in [5, 5.41) is 3.19. The van der Waals surface area contributed by atoms with Gasteiger partial charge in [0.1, 0.15) is 0 Å². The number of primary amides is 1. The maximum atomic E-state index is 11.2. The van der Waals surface area contributed by atoms with Crippen LogP contribution in [0.3, 0.4) is 0 Å². The van der Waals surface area contributed by atoms with E-state index in [1.807, 2.05) is 36.4 Å². The van der Waals surface area contributed by atoms with E-state index in [9.17, 15) is 4.79 Å². The van der Waals surface area contributed by atoms with Gasteiger partial charge in [0, 0.05) is 6.54 Å². The van der Waals surface area contributed by atoms with Crippen LogP contribution in [0.15, 0.2) is 48.5 Å². The number of rotatable bonds is 4. The Hall–Kier alpha value is -2.49. The van der Waals surface area contributed by atoms with Gasteiger partial charge in [0.2, 0.25) is 0 Å². The molecule has 0 spiro atoms. The molecule has 0 aromatic heterocycles. The molecule has 2 aromatic rings. The number of amides is 1. The standard InChI is InChI=1S/C14H15N3O/c15-13-11(14(16)18)7-4-8-12(13)17-9-10-5-2-1-3-6-10/h1-8,17H,9,15H2,(H2,16,18). The third-order valence-corrected chi connectivity index (χ3v) is 2.70. The molecule has 92 valence electrons. The molecule has 4 nitrogen and oxygen atoms in total. The van der Waals surface area contributed by atoms with Gasteiger partial charge in [-0.15, -0.1) is 0 Å². The van der Waals surface area contributed by atoms with Crippen molar-refractivity contribution in [1.29, 1.82) is 0 Å². The number of carbonyl (C=O) groups is 1. The van der Waals surface area contributed by atoms with Crippen molar-refractivity contribution in [3.8, 4) is 0 Å². The average Bonchev–Trinajstić information content (AvgIpc) is 2.38. The van der Waals surface area contributed by atoms with Crippen molar-refractivity contribution in [3.63, 3.8) is 0 Å². The minimum Gasteiger partial charge on any atom is -0.396 e. The fourth-order valence-electron chi connectivity index (χ4n) is 1.73. The van der Waals surface area contributed by atoms with Crippen LogP contribution < -0.4 is 16.8 Å². The molecule has 0 radical (unpaired) electrons. The molecule has 4 heteroatoms. The topological polar surface area (TPSA) is 81.1 Å². The number of para-hydroxylation sites is 1. The lowest BCUT2D eigenvalue weighted by Crippen LogP contribution is -2.14. The van der Waals surface area contributed by atoms with Crippen LogP contribution in [0, 0.1) is 0 Å². The first kappa shape index (κ1) is 12.0. The van der Waals surface area contributed by atoms with E-state index in [1.165, 1.54) is 0 Å². The highest BCUT2D eigenvalue weighted by Gasteiger charge is 2.08. The molecule has 0 heterocycles. The lowest BCUT2D eigenvalue weighted by atomic mass is 10.1. The molecule has 5 N–H and O–H groups in total. The molecule has 1 amide bonds. The van der Waals surface area contributed by atoms with Crippen molar-refractivity contribution in [3.05, 3.63) is 59.7 Å². The van der Waals surface area contributed by atoms with Crippen molar-refractivity contribution >= 4 is 17.3 Å². The van der Waals surface area contributed by atoms with E-state index in [0.717, 1.165) is 11.3 Å². The third-order valence-electron chi connectivity index (χ3n) is 2.70. The van der Waals surface area contributed by atoms with Gasteiger partial charge in [-0.25, -0.2) is 0 Å². The molecule has 0 aliphatic carbocycles. The molecule has 0 aliphatic rings. The number of nitrogens with two attached hydrogens (primary N) is 2. The zero-order valence-electron chi connectivity index (χ0n) is 9.89. The van der Waals surface area contributed by atoms with Crippen molar-refractivity contribution in [2.45, 2.75) is 6.54 Å². The van der Waals surface area contributed by atoms with Crippen LogP contribution in [0.4, 0.5) is 11.4 Å². The van der Waals surface area contributed by atoms with Gasteiger partial charge < -0.3 is 16.8 Å². The second-order valence-electron chi connectivity index (χ2n) is 3.97. The number of carbonyl (C=O) groups excluding carboxylic acids is 1. The second kappa shape index (κ2) is 5.23. The number of anilines is 2. The summed E-state index contributed by atoms with van der Waals surface area (Å²) in [4.78, 5) is 11.2. The van der Waals surface area contributed by atoms with Crippen molar-refractivity contribution in [2.75, 3.05) is 11.1 Å². The van der Waals surface area contributed by atoms with E-state index < -0.39 is 5.91 Å². The summed E-state index contributed by atoms with van der Waals surface area (Å²) in [6, 6.07) is 15.1. The van der Waals surface area contributed by atoms with E-state index in [4.69, 9.17) is 11.5 Å². The maximum absolute atomic E-state index is 11.2. The SMILES string of the molecule is NC(=O)c1cccc(NCc2ccccc2)c1N. The second-order valence-corrected chi connectivity index (χ2v) is 3.97. The number of nitrogen functional groups attached to an aromatic ring is 1. The highest BCUT2D eigenvalue weighted by molar-refractivity contribution is 6.00. The van der Waals surface area contributed by atoms with Gasteiger partial charge in [0.15, 0.2) is 0 Å². The Morgan fingerprint density at radius 2 is 1.78 bits per heavy atom. The summed E-state index contributed by atoms with van der Waals surface area (Å²) in [6.45, 7) is 0.646. The Morgan fingerprint density at radius 3 is 2.44 bits per heavy atom. The number of benzene rings is 2. The van der Waals surface area contributed by atoms with E-state index in [-0.39, 0.29) is 0 Å². The molecule has 0 bridgehead atoms. The lowest BCUT2D eigenvalue weighted by molar-refractivity contribution is 0.100. The van der Waals surface area contributed by atoms with E-state index in [0.29, 0.717) is 17.8 Å². The first-order chi connectivity index (χ1) is 8.68. The summed E-state index contributed by atoms with van der Waals surface area (Å²) in [7, 11) is 0. The zero-order chi connectivity index (χ0) is 13.0. The van der Waals surface area contributed by atoms with Crippen LogP contribution in [-0.4, -0.2) is 5.91 Å². The van der Waals surface area contributed by atoms with Crippen LogP contribution in [0.25, 0.3) is 0 Å². The number of hydrogen-bond acceptors (Lipinski definition) is 3. The maximum Gasteiger partial charge on any atom is 0.250 e. The average molecular weight is 241 g/mol. The van der Waals surface area contributed by atoms with Crippen LogP contribution in [0.1, 0.15) is 15.9 Å². The Balaban J connectivity index is 2.15. The van der Waals surface area contributed by atoms with E-state index in [1.54, 1.807) is 12.1 Å². The van der Waals surface area contributed by atoms with Gasteiger partial charge in [-0.2, -0.15) is 0 Å². The first-order valence-corrected chi connectivity index (χ1v) is 5.64. The normalized spacial score (nSPS) is 10.0. The third kappa shape index (κ3) is 2.60. The molecule has 0 atom stereocenters. The summed E-state index contributed by atoms with van der Waals surface area (Å²) >= 11 is 0. The van der Waals surface area contributed by atoms with Crippen LogP contribution in [0.5, 0.6) is 0 Å². The van der Waals surface area contributed by atoms with Crippen LogP contribution in [-0.2, 0) is 6.54 Å². The van der Waals surface area contributed by atoms with Crippen LogP contribution in [0.2, 0.25) is 0 Å². The van der Waals surface area contributed by atoms with Crippen molar-refractivity contribution in [1.82, 2.24) is 0 Å². The van der Waals surface area contributed by atoms with Gasteiger partial charge in [-0.1, -0.05) is 36.4 Å². The lowest BCUT2D eigenvalue weighted by Gasteiger charge is -2.11. The Bertz CT molecular complexity index is 552. The monoisotopic (exact) mass is 241 g/mol. The number of hydrogen-bond donors (Lipinski definition) is 3. The van der Waals surface area contributed by atoms with Gasteiger partial charge >= 0.3 is 0 Å². The molecular formula is C14H15N3O. The first-order valence-electron chi connectivity index (χ1n) is 5.64. The summed E-state index contributed by atoms with van der Waals surface area (Å²) < 4.78 is 0. The van der Waals surface area contributed by atoms with Gasteiger partial charge in [-0.05, 0) is 17.7 Å². The highest BCUT2D eigenvalue weighted by atomic mass is 16.1. The molecule has 2 aromatic carbocycles. The zero-order valence-corrected chi connectivity index (χ0v) is 9.89. The van der Waals surface area contributed by atoms with Crippen LogP contribution >= 0.6 is 0 Å². The molecular weight excluding hydrogens is 226 g/mol. The number of nitrogens with one attached hydrogen (secondary N) is 1. The quantitative estimate of drug-likeness (QED) is 0.716. The Morgan fingerprint density at radius 1 is 1.06 bits per heavy atom. The molecule has 0 aliphatic heterocycles. The fourth-order valence-corrected chi connectivity index (χ4v) is 1.73. The van der Waals surface area contributed by atoms with E-state index in [2.05, 4.69) is 5.32 Å². The van der Waals surface area contributed by atoms with E-state index >= 15 is 0 Å². The summed E-state index contributed by atoms with van der Waals surface area (Å²) in [6.07, 6.45) is 0. The largest absolute Gasteiger partial charge is 0.396 e. The molecule has 0 unspecified atom stereocenters. The molecule has 0 saturated heterocycles. The molecule has 18 heavy (non-hydrogen) atoms. The minimum atomic E-state index is -0.518. The summed E-state index contributed by atoms with van der Waals surface area (Å²) in [5.41, 5.74) is 13.7. The van der Waals surface area contributed by atoms with Crippen molar-refractivity contribution < 1.29 is 4.79 Å². The predicted octanol–water partition coefficient (Wildman–Crippen LogP) is 1.98. The summed E-state index contributed by atoms with van der Waals surface area (Å²) in [5.74, 6) is -0.518. The minimum absolute atomic E-state index is 0.341. The Labute approximate surface area is 106 Å². The molecule has 2 rings (SSSR count). The van der Waals surface area contributed by atoms with Gasteiger partial charge in [0.05, 0.1) is 16.9 Å². The van der Waals surface area contributed by atoms with Crippen molar-refractivity contribution in [2.24, 2.45) is 5.73 Å². The van der Waals surface area contributed by atoms with Gasteiger partial charge in [-0.3, -0.25) is 4.79 Å². The predicted molar refractivity (Wildman–Crippen MR) is 73.1 cm³/mol. The smallest absolute Gasteiger partial charge is 0.250 e. The molecule has 0 fully saturated rings. The highest BCUT2D eigenvalue weighted by Crippen LogP contribution is 2.22. The fraction of sp³-hybridized carbons (Fsp3) is 0.0714. The molecule has 0 saturated carbocycles. The Kier molecular flexibility index (Phi) is 3.48. The van der Waals surface area contributed by atoms with Gasteiger partial charge in [0.25, 0.3) is 5.91 Å².